The van der Waals surface area contributed by atoms with Crippen LogP contribution in [0.5, 0.6) is 0 Å². The number of thiophene rings is 1. The minimum Gasteiger partial charge on any atom is -0.351 e. The van der Waals surface area contributed by atoms with Crippen LogP contribution in [0.15, 0.2) is 35.2 Å². The Morgan fingerprint density at radius 3 is 2.43 bits per heavy atom. The lowest BCUT2D eigenvalue weighted by Gasteiger charge is -2.21. The lowest BCUT2D eigenvalue weighted by Crippen LogP contribution is -2.32. The maximum absolute atomic E-state index is 13.2. The van der Waals surface area contributed by atoms with Gasteiger partial charge in [0, 0.05) is 30.6 Å². The number of carbonyl (C=O) groups is 2. The Balaban J connectivity index is 1.76. The van der Waals surface area contributed by atoms with Crippen LogP contribution in [0.3, 0.4) is 0 Å². The van der Waals surface area contributed by atoms with Crippen LogP contribution >= 0.6 is 11.3 Å². The van der Waals surface area contributed by atoms with Crippen molar-refractivity contribution in [2.24, 2.45) is 0 Å². The highest BCUT2D eigenvalue weighted by Crippen LogP contribution is 2.26. The summed E-state index contributed by atoms with van der Waals surface area (Å²) in [6, 6.07) is 8.46. The Labute approximate surface area is 181 Å². The van der Waals surface area contributed by atoms with Gasteiger partial charge in [-0.1, -0.05) is 18.9 Å². The molecule has 1 fully saturated rings. The highest BCUT2D eigenvalue weighted by Gasteiger charge is 2.27. The lowest BCUT2D eigenvalue weighted by atomic mass is 10.2. The van der Waals surface area contributed by atoms with Crippen LogP contribution in [0, 0.1) is 6.92 Å². The Kier molecular flexibility index (Phi) is 7.27. The van der Waals surface area contributed by atoms with Gasteiger partial charge in [-0.15, -0.1) is 11.3 Å². The molecule has 1 aromatic carbocycles. The van der Waals surface area contributed by atoms with E-state index in [-0.39, 0.29) is 16.7 Å². The number of aryl methyl sites for hydroxylation is 1. The van der Waals surface area contributed by atoms with Crippen molar-refractivity contribution in [2.75, 3.05) is 18.4 Å². The summed E-state index contributed by atoms with van der Waals surface area (Å²) < 4.78 is 27.9. The molecule has 2 heterocycles. The van der Waals surface area contributed by atoms with Gasteiger partial charge in [0.15, 0.2) is 0 Å². The zero-order valence-corrected chi connectivity index (χ0v) is 18.9. The molecule has 2 aromatic rings. The summed E-state index contributed by atoms with van der Waals surface area (Å²) in [7, 11) is -3.61. The number of rotatable bonds is 6. The van der Waals surface area contributed by atoms with Crippen molar-refractivity contribution in [1.29, 1.82) is 0 Å². The highest BCUT2D eigenvalue weighted by atomic mass is 32.2. The second kappa shape index (κ2) is 9.72. The molecule has 2 amide bonds. The van der Waals surface area contributed by atoms with Crippen LogP contribution in [0.1, 0.15) is 52.7 Å². The van der Waals surface area contributed by atoms with Gasteiger partial charge in [-0.2, -0.15) is 4.31 Å². The van der Waals surface area contributed by atoms with E-state index in [1.807, 2.05) is 0 Å². The Hall–Kier alpha value is -2.23. The molecule has 0 unspecified atom stereocenters. The number of anilines is 1. The van der Waals surface area contributed by atoms with E-state index in [0.29, 0.717) is 35.8 Å². The number of hydrogen-bond donors (Lipinski definition) is 2. The normalized spacial score (nSPS) is 15.4. The molecule has 0 saturated carbocycles. The molecule has 1 aliphatic heterocycles. The number of benzene rings is 1. The first-order valence-corrected chi connectivity index (χ1v) is 12.3. The second-order valence-electron chi connectivity index (χ2n) is 7.43. The van der Waals surface area contributed by atoms with Crippen molar-refractivity contribution in [3.63, 3.8) is 0 Å². The monoisotopic (exact) mass is 449 g/mol. The van der Waals surface area contributed by atoms with Crippen molar-refractivity contribution in [3.05, 3.63) is 45.6 Å². The fourth-order valence-electron chi connectivity index (χ4n) is 3.38. The van der Waals surface area contributed by atoms with E-state index in [1.54, 1.807) is 41.6 Å². The SMILES string of the molecule is CC(=O)NCc1ccc(C(=O)Nc2ccc(C)c(S(=O)(=O)N3CCCCCC3)c2)s1. The van der Waals surface area contributed by atoms with Gasteiger partial charge in [0.25, 0.3) is 5.91 Å². The molecule has 1 aromatic heterocycles. The predicted molar refractivity (Wildman–Crippen MR) is 118 cm³/mol. The van der Waals surface area contributed by atoms with Crippen LogP contribution in [-0.2, 0) is 21.4 Å². The van der Waals surface area contributed by atoms with Crippen molar-refractivity contribution in [2.45, 2.75) is 51.0 Å². The molecule has 162 valence electrons. The number of nitrogens with zero attached hydrogens (tertiary/aromatic N) is 1. The van der Waals surface area contributed by atoms with E-state index in [2.05, 4.69) is 10.6 Å². The zero-order chi connectivity index (χ0) is 21.7. The fraction of sp³-hybridized carbons (Fsp3) is 0.429. The van der Waals surface area contributed by atoms with Crippen molar-refractivity contribution in [1.82, 2.24) is 9.62 Å². The van der Waals surface area contributed by atoms with Gasteiger partial charge in [0.05, 0.1) is 16.3 Å². The molecule has 9 heteroatoms. The minimum absolute atomic E-state index is 0.132. The molecule has 30 heavy (non-hydrogen) atoms. The molecule has 1 aliphatic rings. The molecule has 0 aliphatic carbocycles. The van der Waals surface area contributed by atoms with Crippen LogP contribution in [-0.4, -0.2) is 37.6 Å². The number of nitrogens with one attached hydrogen (secondary N) is 2. The summed E-state index contributed by atoms with van der Waals surface area (Å²) in [5, 5.41) is 5.49. The quantitative estimate of drug-likeness (QED) is 0.705. The number of carbonyl (C=O) groups excluding carboxylic acids is 2. The largest absolute Gasteiger partial charge is 0.351 e. The van der Waals surface area contributed by atoms with Crippen LogP contribution in [0.2, 0.25) is 0 Å². The summed E-state index contributed by atoms with van der Waals surface area (Å²) in [5.41, 5.74) is 1.10. The summed E-state index contributed by atoms with van der Waals surface area (Å²) in [4.78, 5) is 25.2. The Morgan fingerprint density at radius 2 is 1.77 bits per heavy atom. The van der Waals surface area contributed by atoms with E-state index in [9.17, 15) is 18.0 Å². The van der Waals surface area contributed by atoms with Gasteiger partial charge in [-0.25, -0.2) is 8.42 Å². The van der Waals surface area contributed by atoms with Crippen LogP contribution in [0.25, 0.3) is 0 Å². The van der Waals surface area contributed by atoms with E-state index in [0.717, 1.165) is 30.6 Å². The zero-order valence-electron chi connectivity index (χ0n) is 17.2. The topological polar surface area (TPSA) is 95.6 Å². The van der Waals surface area contributed by atoms with Crippen LogP contribution in [0.4, 0.5) is 5.69 Å². The molecular weight excluding hydrogens is 422 g/mol. The van der Waals surface area contributed by atoms with Gasteiger partial charge in [0.1, 0.15) is 0 Å². The van der Waals surface area contributed by atoms with Gasteiger partial charge in [0.2, 0.25) is 15.9 Å². The second-order valence-corrected chi connectivity index (χ2v) is 10.5. The number of hydrogen-bond acceptors (Lipinski definition) is 5. The maximum atomic E-state index is 13.2. The number of sulfonamides is 1. The first kappa shape index (κ1) is 22.5. The standard InChI is InChI=1S/C21H27N3O4S2/c1-15-7-8-17(13-20(15)30(27,28)24-11-5-3-4-6-12-24)23-21(26)19-10-9-18(29-19)14-22-16(2)25/h7-10,13H,3-6,11-12,14H2,1-2H3,(H,22,25)(H,23,26). The van der Waals surface area contributed by atoms with E-state index < -0.39 is 10.0 Å². The molecule has 0 spiro atoms. The molecule has 3 rings (SSSR count). The first-order chi connectivity index (χ1) is 14.3. The average Bonchev–Trinajstić information content (AvgIpc) is 3.00. The van der Waals surface area contributed by atoms with Crippen molar-refractivity contribution in [3.8, 4) is 0 Å². The molecular formula is C21H27N3O4S2. The van der Waals surface area contributed by atoms with Crippen molar-refractivity contribution >= 4 is 38.9 Å². The van der Waals surface area contributed by atoms with Gasteiger partial charge < -0.3 is 10.6 Å². The van der Waals surface area contributed by atoms with E-state index in [1.165, 1.54) is 18.3 Å². The van der Waals surface area contributed by atoms with Gasteiger partial charge in [-0.3, -0.25) is 9.59 Å². The molecule has 2 N–H and O–H groups in total. The Bertz CT molecular complexity index is 1020. The third-order valence-corrected chi connectivity index (χ3v) is 8.15. The highest BCUT2D eigenvalue weighted by molar-refractivity contribution is 7.89. The smallest absolute Gasteiger partial charge is 0.265 e. The summed E-state index contributed by atoms with van der Waals surface area (Å²) >= 11 is 1.29. The van der Waals surface area contributed by atoms with E-state index >= 15 is 0 Å². The summed E-state index contributed by atoms with van der Waals surface area (Å²) in [6.45, 7) is 4.64. The molecule has 1 saturated heterocycles. The third-order valence-electron chi connectivity index (χ3n) is 5.03. The molecule has 7 nitrogen and oxygen atoms in total. The first-order valence-electron chi connectivity index (χ1n) is 10.0. The van der Waals surface area contributed by atoms with Crippen LogP contribution < -0.4 is 10.6 Å². The third kappa shape index (κ3) is 5.47. The lowest BCUT2D eigenvalue weighted by molar-refractivity contribution is -0.119. The molecule has 0 bridgehead atoms. The van der Waals surface area contributed by atoms with Gasteiger partial charge >= 0.3 is 0 Å². The predicted octanol–water partition coefficient (Wildman–Crippen LogP) is 3.51. The molecule has 0 radical (unpaired) electrons. The summed E-state index contributed by atoms with van der Waals surface area (Å²) in [6.07, 6.45) is 3.83. The Morgan fingerprint density at radius 1 is 1.07 bits per heavy atom. The molecule has 0 atom stereocenters. The minimum atomic E-state index is -3.61. The summed E-state index contributed by atoms with van der Waals surface area (Å²) in [5.74, 6) is -0.441. The fourth-order valence-corrected chi connectivity index (χ4v) is 5.99. The van der Waals surface area contributed by atoms with Gasteiger partial charge in [-0.05, 0) is 49.6 Å². The van der Waals surface area contributed by atoms with E-state index in [4.69, 9.17) is 0 Å². The average molecular weight is 450 g/mol. The maximum Gasteiger partial charge on any atom is 0.265 e. The number of amides is 2. The van der Waals surface area contributed by atoms with Crippen molar-refractivity contribution < 1.29 is 18.0 Å².